The van der Waals surface area contributed by atoms with Crippen LogP contribution in [0, 0.1) is 5.41 Å². The van der Waals surface area contributed by atoms with Crippen LogP contribution in [-0.2, 0) is 6.61 Å². The predicted octanol–water partition coefficient (Wildman–Crippen LogP) is 3.37. The number of ether oxygens (including phenoxy) is 1. The second-order valence-corrected chi connectivity index (χ2v) is 5.69. The molecule has 2 rings (SSSR count). The quantitative estimate of drug-likeness (QED) is 0.434. The molecule has 0 amide bonds. The van der Waals surface area contributed by atoms with Crippen molar-refractivity contribution in [2.45, 2.75) is 18.4 Å². The van der Waals surface area contributed by atoms with Crippen molar-refractivity contribution in [1.82, 2.24) is 0 Å². The minimum absolute atomic E-state index is 0.00159. The second kappa shape index (κ2) is 7.15. The molecule has 0 fully saturated rings. The summed E-state index contributed by atoms with van der Waals surface area (Å²) in [4.78, 5) is 0.939. The lowest BCUT2D eigenvalue weighted by molar-refractivity contribution is 0.281. The maximum atomic E-state index is 9.04. The lowest BCUT2D eigenvalue weighted by Gasteiger charge is -2.14. The molecule has 2 aromatic rings. The zero-order valence-corrected chi connectivity index (χ0v) is 12.6. The molecular weight excluding hydrogens is 284 g/mol. The number of benzene rings is 2. The van der Waals surface area contributed by atoms with Crippen LogP contribution >= 0.6 is 11.8 Å². The van der Waals surface area contributed by atoms with E-state index in [2.05, 4.69) is 6.92 Å². The number of amidine groups is 1. The first kappa shape index (κ1) is 15.4. The number of nitrogens with two attached hydrogens (primary N) is 1. The first-order valence-corrected chi connectivity index (χ1v) is 7.62. The van der Waals surface area contributed by atoms with E-state index < -0.39 is 0 Å². The van der Waals surface area contributed by atoms with Gasteiger partial charge in [-0.2, -0.15) is 0 Å². The molecule has 0 atom stereocenters. The number of thioether (sulfide) groups is 1. The van der Waals surface area contributed by atoms with E-state index in [9.17, 15) is 0 Å². The average Bonchev–Trinajstić information content (AvgIpc) is 2.48. The molecule has 0 aliphatic rings. The fourth-order valence-corrected chi connectivity index (χ4v) is 2.77. The minimum atomic E-state index is -0.00599. The van der Waals surface area contributed by atoms with Crippen LogP contribution in [0.25, 0.3) is 0 Å². The van der Waals surface area contributed by atoms with Crippen LogP contribution < -0.4 is 10.5 Å². The fourth-order valence-electron chi connectivity index (χ4n) is 1.93. The number of aliphatic hydroxyl groups excluding tert-OH is 1. The Morgan fingerprint density at radius 3 is 2.52 bits per heavy atom. The van der Waals surface area contributed by atoms with Gasteiger partial charge in [-0.05, 0) is 35.6 Å². The highest BCUT2D eigenvalue weighted by Crippen LogP contribution is 2.32. The van der Waals surface area contributed by atoms with Gasteiger partial charge in [0.25, 0.3) is 0 Å². The molecule has 0 aliphatic carbocycles. The Morgan fingerprint density at radius 1 is 1.24 bits per heavy atom. The number of nitrogen functional groups attached to an aromatic ring is 1. The lowest BCUT2D eigenvalue weighted by Crippen LogP contribution is -2.13. The zero-order valence-electron chi connectivity index (χ0n) is 11.8. The second-order valence-electron chi connectivity index (χ2n) is 4.38. The van der Waals surface area contributed by atoms with Gasteiger partial charge in [0.15, 0.2) is 0 Å². The number of rotatable bonds is 6. The van der Waals surface area contributed by atoms with Gasteiger partial charge in [-0.25, -0.2) is 0 Å². The fraction of sp³-hybridized carbons (Fsp3) is 0.188. The maximum Gasteiger partial charge on any atom is 0.139 e. The Morgan fingerprint density at radius 2 is 1.95 bits per heavy atom. The zero-order chi connectivity index (χ0) is 15.2. The van der Waals surface area contributed by atoms with Crippen LogP contribution in [0.3, 0.4) is 0 Å². The Balaban J connectivity index is 2.33. The van der Waals surface area contributed by atoms with Crippen molar-refractivity contribution in [2.24, 2.45) is 5.73 Å². The molecule has 0 heterocycles. The maximum absolute atomic E-state index is 9.04. The normalized spacial score (nSPS) is 10.4. The summed E-state index contributed by atoms with van der Waals surface area (Å²) in [6.45, 7) is 2.05. The van der Waals surface area contributed by atoms with Crippen molar-refractivity contribution in [3.05, 3.63) is 53.6 Å². The third kappa shape index (κ3) is 3.77. The summed E-state index contributed by atoms with van der Waals surface area (Å²) in [5.74, 6) is 2.11. The van der Waals surface area contributed by atoms with Gasteiger partial charge in [-0.1, -0.05) is 25.1 Å². The van der Waals surface area contributed by atoms with Gasteiger partial charge in [-0.3, -0.25) is 5.41 Å². The number of hydrogen-bond acceptors (Lipinski definition) is 4. The molecule has 0 saturated heterocycles. The van der Waals surface area contributed by atoms with Crippen LogP contribution in [0.15, 0.2) is 47.4 Å². The van der Waals surface area contributed by atoms with Crippen LogP contribution in [-0.4, -0.2) is 16.7 Å². The third-order valence-electron chi connectivity index (χ3n) is 2.89. The van der Waals surface area contributed by atoms with Gasteiger partial charge in [0.1, 0.15) is 17.3 Å². The van der Waals surface area contributed by atoms with E-state index >= 15 is 0 Å². The van der Waals surface area contributed by atoms with Crippen molar-refractivity contribution in [3.8, 4) is 11.5 Å². The summed E-state index contributed by atoms with van der Waals surface area (Å²) in [6.07, 6.45) is 0. The molecule has 4 N–H and O–H groups in total. The van der Waals surface area contributed by atoms with Crippen LogP contribution in [0.1, 0.15) is 18.1 Å². The molecular formula is C16H18N2O2S. The Kier molecular flexibility index (Phi) is 5.25. The third-order valence-corrected chi connectivity index (χ3v) is 3.83. The summed E-state index contributed by atoms with van der Waals surface area (Å²) in [7, 11) is 0. The molecule has 0 unspecified atom stereocenters. The standard InChI is InChI=1S/C16H18N2O2S/c1-2-21-14-5-3-4-13(15(14)16(17)18)20-12-8-6-11(10-19)7-9-12/h3-9,19H,2,10H2,1H3,(H3,17,18). The molecule has 21 heavy (non-hydrogen) atoms. The topological polar surface area (TPSA) is 79.3 Å². The van der Waals surface area contributed by atoms with Gasteiger partial charge < -0.3 is 15.6 Å². The van der Waals surface area contributed by atoms with Gasteiger partial charge in [-0.15, -0.1) is 11.8 Å². The molecule has 5 heteroatoms. The molecule has 4 nitrogen and oxygen atoms in total. The van der Waals surface area contributed by atoms with Crippen molar-refractivity contribution < 1.29 is 9.84 Å². The summed E-state index contributed by atoms with van der Waals surface area (Å²) in [6, 6.07) is 12.8. The molecule has 0 aromatic heterocycles. The molecule has 0 radical (unpaired) electrons. The van der Waals surface area contributed by atoms with Gasteiger partial charge in [0, 0.05) is 4.90 Å². The number of nitrogens with one attached hydrogen (secondary N) is 1. The largest absolute Gasteiger partial charge is 0.457 e. The van der Waals surface area contributed by atoms with Crippen LogP contribution in [0.2, 0.25) is 0 Å². The van der Waals surface area contributed by atoms with Crippen LogP contribution in [0.4, 0.5) is 0 Å². The van der Waals surface area contributed by atoms with Gasteiger partial charge >= 0.3 is 0 Å². The van der Waals surface area contributed by atoms with Gasteiger partial charge in [0.2, 0.25) is 0 Å². The van der Waals surface area contributed by atoms with E-state index in [-0.39, 0.29) is 12.4 Å². The first-order chi connectivity index (χ1) is 10.2. The molecule has 110 valence electrons. The number of aliphatic hydroxyl groups is 1. The Hall–Kier alpha value is -1.98. The SMILES string of the molecule is CCSc1cccc(Oc2ccc(CO)cc2)c1C(=N)N. The molecule has 0 spiro atoms. The van der Waals surface area contributed by atoms with E-state index in [1.807, 2.05) is 12.1 Å². The van der Waals surface area contributed by atoms with E-state index in [0.29, 0.717) is 17.1 Å². The predicted molar refractivity (Wildman–Crippen MR) is 86.3 cm³/mol. The smallest absolute Gasteiger partial charge is 0.139 e. The highest BCUT2D eigenvalue weighted by Gasteiger charge is 2.13. The monoisotopic (exact) mass is 302 g/mol. The summed E-state index contributed by atoms with van der Waals surface area (Å²) >= 11 is 1.63. The van der Waals surface area contributed by atoms with E-state index in [4.69, 9.17) is 21.0 Å². The van der Waals surface area contributed by atoms with Crippen molar-refractivity contribution in [2.75, 3.05) is 5.75 Å². The molecule has 0 bridgehead atoms. The highest BCUT2D eigenvalue weighted by molar-refractivity contribution is 7.99. The van der Waals surface area contributed by atoms with Crippen LogP contribution in [0.5, 0.6) is 11.5 Å². The van der Waals surface area contributed by atoms with Crippen molar-refractivity contribution in [3.63, 3.8) is 0 Å². The first-order valence-electron chi connectivity index (χ1n) is 6.63. The van der Waals surface area contributed by atoms with Gasteiger partial charge in [0.05, 0.1) is 12.2 Å². The van der Waals surface area contributed by atoms with Crippen molar-refractivity contribution >= 4 is 17.6 Å². The minimum Gasteiger partial charge on any atom is -0.457 e. The molecule has 0 aliphatic heterocycles. The summed E-state index contributed by atoms with van der Waals surface area (Å²) < 4.78 is 5.84. The molecule has 2 aromatic carbocycles. The van der Waals surface area contributed by atoms with Crippen molar-refractivity contribution in [1.29, 1.82) is 5.41 Å². The highest BCUT2D eigenvalue weighted by atomic mass is 32.2. The number of hydrogen-bond donors (Lipinski definition) is 3. The average molecular weight is 302 g/mol. The van der Waals surface area contributed by atoms with E-state index in [1.54, 1.807) is 42.1 Å². The summed E-state index contributed by atoms with van der Waals surface area (Å²) in [5, 5.41) is 16.8. The Labute approximate surface area is 128 Å². The summed E-state index contributed by atoms with van der Waals surface area (Å²) in [5.41, 5.74) is 7.15. The molecule has 0 saturated carbocycles. The Bertz CT molecular complexity index is 627. The van der Waals surface area contributed by atoms with E-state index in [0.717, 1.165) is 16.2 Å². The lowest BCUT2D eigenvalue weighted by atomic mass is 10.2. The van der Waals surface area contributed by atoms with E-state index in [1.165, 1.54) is 0 Å².